The van der Waals surface area contributed by atoms with E-state index in [0.29, 0.717) is 0 Å². The van der Waals surface area contributed by atoms with E-state index in [4.69, 9.17) is 4.42 Å². The fourth-order valence-electron chi connectivity index (χ4n) is 7.99. The first-order valence-electron chi connectivity index (χ1n) is 17.8. The number of rotatable bonds is 4. The second-order valence-electron chi connectivity index (χ2n) is 15.1. The number of benzene rings is 8. The maximum atomic E-state index is 6.65. The van der Waals surface area contributed by atoms with E-state index in [1.54, 1.807) is 0 Å². The molecule has 0 spiro atoms. The molecule has 0 atom stereocenters. The van der Waals surface area contributed by atoms with E-state index < -0.39 is 0 Å². The van der Waals surface area contributed by atoms with Crippen LogP contribution in [0.3, 0.4) is 0 Å². The molecule has 10 rings (SSSR count). The van der Waals surface area contributed by atoms with Gasteiger partial charge in [0.25, 0.3) is 0 Å². The van der Waals surface area contributed by atoms with E-state index in [2.05, 4.69) is 178 Å². The van der Waals surface area contributed by atoms with Crippen LogP contribution < -0.4 is 4.90 Å². The van der Waals surface area contributed by atoms with Crippen molar-refractivity contribution in [1.82, 2.24) is 0 Å². The smallest absolute Gasteiger partial charge is 0.159 e. The number of hydrogen-bond donors (Lipinski definition) is 0. The standard InChI is InChI=1S/C49H37NO/c1-30-17-21-37(49(2,3)4)29-46(30)50(45-15-10-14-40-39-13-8-9-16-47(39)51-48(40)45)38-22-20-34-26-42-41-25-33-19-18-32(31-11-6-5-7-12-31)23-35(33)27-43(41)44(42)28-36(34)24-38/h5-29H,1-4H3. The molecule has 1 aliphatic rings. The van der Waals surface area contributed by atoms with Gasteiger partial charge in [0, 0.05) is 22.1 Å². The molecule has 0 saturated carbocycles. The van der Waals surface area contributed by atoms with Crippen LogP contribution in [0.15, 0.2) is 156 Å². The van der Waals surface area contributed by atoms with Crippen molar-refractivity contribution in [3.05, 3.63) is 163 Å². The Balaban J connectivity index is 1.14. The lowest BCUT2D eigenvalue weighted by atomic mass is 9.77. The molecular weight excluding hydrogens is 619 g/mol. The Morgan fingerprint density at radius 3 is 1.86 bits per heavy atom. The third kappa shape index (κ3) is 4.71. The Bertz CT molecular complexity index is 2850. The van der Waals surface area contributed by atoms with Crippen molar-refractivity contribution in [3.63, 3.8) is 0 Å². The molecule has 0 N–H and O–H groups in total. The molecule has 1 aliphatic carbocycles. The molecule has 2 heteroatoms. The second kappa shape index (κ2) is 10.9. The van der Waals surface area contributed by atoms with Gasteiger partial charge in [0.15, 0.2) is 5.58 Å². The molecule has 0 aliphatic heterocycles. The summed E-state index contributed by atoms with van der Waals surface area (Å²) in [5.74, 6) is 0. The van der Waals surface area contributed by atoms with Gasteiger partial charge in [-0.2, -0.15) is 0 Å². The predicted molar refractivity (Wildman–Crippen MR) is 217 cm³/mol. The van der Waals surface area contributed by atoms with Crippen LogP contribution in [0, 0.1) is 6.92 Å². The predicted octanol–water partition coefficient (Wildman–Crippen LogP) is 14.3. The SMILES string of the molecule is Cc1ccc(C(C)(C)C)cc1N(c1ccc2cc3c(cc2c1)-c1cc2cc(-c4ccccc4)ccc2cc1-3)c1cccc2c1oc1ccccc12. The molecule has 1 aromatic heterocycles. The third-order valence-electron chi connectivity index (χ3n) is 10.8. The highest BCUT2D eigenvalue weighted by Gasteiger charge is 2.26. The minimum Gasteiger partial charge on any atom is -0.454 e. The largest absolute Gasteiger partial charge is 0.454 e. The molecule has 244 valence electrons. The first-order chi connectivity index (χ1) is 24.8. The first-order valence-corrected chi connectivity index (χ1v) is 17.8. The number of furan rings is 1. The maximum Gasteiger partial charge on any atom is 0.159 e. The summed E-state index contributed by atoms with van der Waals surface area (Å²) in [6.45, 7) is 9.05. The lowest BCUT2D eigenvalue weighted by Gasteiger charge is -2.30. The van der Waals surface area contributed by atoms with Crippen molar-refractivity contribution in [1.29, 1.82) is 0 Å². The highest BCUT2D eigenvalue weighted by Crippen LogP contribution is 2.51. The molecule has 8 aromatic carbocycles. The summed E-state index contributed by atoms with van der Waals surface area (Å²) in [6.07, 6.45) is 0. The Morgan fingerprint density at radius 2 is 1.12 bits per heavy atom. The molecule has 0 amide bonds. The normalized spacial score (nSPS) is 12.3. The van der Waals surface area contributed by atoms with Gasteiger partial charge in [-0.05, 0) is 139 Å². The molecule has 2 nitrogen and oxygen atoms in total. The maximum absolute atomic E-state index is 6.65. The van der Waals surface area contributed by atoms with E-state index >= 15 is 0 Å². The third-order valence-corrected chi connectivity index (χ3v) is 10.8. The molecule has 0 fully saturated rings. The van der Waals surface area contributed by atoms with E-state index in [1.807, 2.05) is 6.07 Å². The van der Waals surface area contributed by atoms with E-state index in [1.165, 1.54) is 66.1 Å². The van der Waals surface area contributed by atoms with Gasteiger partial charge in [-0.3, -0.25) is 0 Å². The number of hydrogen-bond acceptors (Lipinski definition) is 2. The second-order valence-corrected chi connectivity index (χ2v) is 15.1. The van der Waals surface area contributed by atoms with Gasteiger partial charge < -0.3 is 9.32 Å². The number of aryl methyl sites for hydroxylation is 1. The number of para-hydroxylation sites is 2. The Morgan fingerprint density at radius 1 is 0.471 bits per heavy atom. The van der Waals surface area contributed by atoms with Crippen LogP contribution in [-0.4, -0.2) is 0 Å². The van der Waals surface area contributed by atoms with Crippen LogP contribution >= 0.6 is 0 Å². The molecule has 0 bridgehead atoms. The molecule has 51 heavy (non-hydrogen) atoms. The van der Waals surface area contributed by atoms with Crippen LogP contribution in [0.1, 0.15) is 31.9 Å². The van der Waals surface area contributed by atoms with Crippen molar-refractivity contribution in [2.75, 3.05) is 4.90 Å². The highest BCUT2D eigenvalue weighted by molar-refractivity contribution is 6.13. The summed E-state index contributed by atoms with van der Waals surface area (Å²) in [4.78, 5) is 2.40. The van der Waals surface area contributed by atoms with Crippen LogP contribution in [0.5, 0.6) is 0 Å². The molecule has 0 radical (unpaired) electrons. The van der Waals surface area contributed by atoms with Gasteiger partial charge in [0.05, 0.1) is 5.69 Å². The summed E-state index contributed by atoms with van der Waals surface area (Å²) in [5.41, 5.74) is 15.4. The van der Waals surface area contributed by atoms with Gasteiger partial charge in [0.1, 0.15) is 5.58 Å². The summed E-state index contributed by atoms with van der Waals surface area (Å²) in [7, 11) is 0. The van der Waals surface area contributed by atoms with Crippen molar-refractivity contribution in [3.8, 4) is 33.4 Å². The van der Waals surface area contributed by atoms with E-state index in [0.717, 1.165) is 39.0 Å². The molecular formula is C49H37NO. The van der Waals surface area contributed by atoms with E-state index in [-0.39, 0.29) is 5.41 Å². The summed E-state index contributed by atoms with van der Waals surface area (Å²) >= 11 is 0. The first kappa shape index (κ1) is 29.8. The zero-order valence-corrected chi connectivity index (χ0v) is 29.3. The van der Waals surface area contributed by atoms with Crippen molar-refractivity contribution in [2.24, 2.45) is 0 Å². The monoisotopic (exact) mass is 655 g/mol. The number of fused-ring (bicyclic) bond motifs is 9. The van der Waals surface area contributed by atoms with Crippen LogP contribution in [-0.2, 0) is 5.41 Å². The molecule has 0 saturated heterocycles. The molecule has 0 unspecified atom stereocenters. The van der Waals surface area contributed by atoms with Crippen molar-refractivity contribution >= 4 is 60.5 Å². The minimum absolute atomic E-state index is 0.00457. The Hall–Kier alpha value is -6.12. The summed E-state index contributed by atoms with van der Waals surface area (Å²) < 4.78 is 6.65. The minimum atomic E-state index is 0.00457. The van der Waals surface area contributed by atoms with E-state index in [9.17, 15) is 0 Å². The lowest BCUT2D eigenvalue weighted by Crippen LogP contribution is -2.15. The Labute approximate surface area is 298 Å². The lowest BCUT2D eigenvalue weighted by molar-refractivity contribution is 0.590. The van der Waals surface area contributed by atoms with Gasteiger partial charge in [-0.1, -0.05) is 112 Å². The molecule has 1 heterocycles. The van der Waals surface area contributed by atoms with Crippen LogP contribution in [0.25, 0.3) is 76.9 Å². The molecule has 9 aromatic rings. The average molecular weight is 656 g/mol. The summed E-state index contributed by atoms with van der Waals surface area (Å²) in [5, 5.41) is 7.27. The van der Waals surface area contributed by atoms with Crippen molar-refractivity contribution in [2.45, 2.75) is 33.1 Å². The number of nitrogens with zero attached hydrogens (tertiary/aromatic N) is 1. The zero-order chi connectivity index (χ0) is 34.4. The fourth-order valence-corrected chi connectivity index (χ4v) is 7.99. The number of anilines is 3. The van der Waals surface area contributed by atoms with Gasteiger partial charge >= 0.3 is 0 Å². The van der Waals surface area contributed by atoms with Crippen molar-refractivity contribution < 1.29 is 4.42 Å². The highest BCUT2D eigenvalue weighted by atomic mass is 16.3. The van der Waals surface area contributed by atoms with Gasteiger partial charge in [0.2, 0.25) is 0 Å². The zero-order valence-electron chi connectivity index (χ0n) is 29.3. The van der Waals surface area contributed by atoms with Crippen LogP contribution in [0.2, 0.25) is 0 Å². The Kier molecular flexibility index (Phi) is 6.38. The van der Waals surface area contributed by atoms with Crippen LogP contribution in [0.4, 0.5) is 17.1 Å². The quantitative estimate of drug-likeness (QED) is 0.188. The topological polar surface area (TPSA) is 16.4 Å². The summed E-state index contributed by atoms with van der Waals surface area (Å²) in [6, 6.07) is 55.6. The fraction of sp³-hybridized carbons (Fsp3) is 0.102. The van der Waals surface area contributed by atoms with Gasteiger partial charge in [-0.25, -0.2) is 0 Å². The average Bonchev–Trinajstić information content (AvgIpc) is 3.53. The van der Waals surface area contributed by atoms with Gasteiger partial charge in [-0.15, -0.1) is 0 Å².